The molecule has 1 aromatic carbocycles. The van der Waals surface area contributed by atoms with Crippen LogP contribution in [0.1, 0.15) is 11.3 Å². The standard InChI is InChI=1S/C12H11N3O2/c1-6-11(17-12(13)14-6)7-2-3-9-8(4-7)5-10(16)15-9/h2-4H,5H2,1H3,(H2,13,14)(H,15,16). The molecule has 2 aromatic rings. The SMILES string of the molecule is Cc1nc(N)oc1-c1ccc2c(c1)CC(=O)N2. The Kier molecular flexibility index (Phi) is 1.95. The number of carbonyl (C=O) groups excluding carboxylic acids is 1. The molecular formula is C12H11N3O2. The van der Waals surface area contributed by atoms with Crippen LogP contribution in [0.25, 0.3) is 11.3 Å². The zero-order valence-electron chi connectivity index (χ0n) is 9.28. The maximum Gasteiger partial charge on any atom is 0.292 e. The zero-order valence-corrected chi connectivity index (χ0v) is 9.28. The van der Waals surface area contributed by atoms with Crippen LogP contribution in [0.2, 0.25) is 0 Å². The second kappa shape index (κ2) is 3.35. The number of nitrogens with two attached hydrogens (primary N) is 1. The molecule has 0 spiro atoms. The molecule has 1 aromatic heterocycles. The van der Waals surface area contributed by atoms with Crippen molar-refractivity contribution in [1.29, 1.82) is 0 Å². The van der Waals surface area contributed by atoms with Crippen molar-refractivity contribution in [3.8, 4) is 11.3 Å². The first-order valence-electron chi connectivity index (χ1n) is 5.29. The van der Waals surface area contributed by atoms with Crippen molar-refractivity contribution in [3.05, 3.63) is 29.5 Å². The molecule has 1 amide bonds. The van der Waals surface area contributed by atoms with E-state index in [0.29, 0.717) is 12.2 Å². The molecular weight excluding hydrogens is 218 g/mol. The lowest BCUT2D eigenvalue weighted by molar-refractivity contribution is -0.115. The van der Waals surface area contributed by atoms with Crippen LogP contribution in [0.3, 0.4) is 0 Å². The number of nitrogens with one attached hydrogen (secondary N) is 1. The van der Waals surface area contributed by atoms with Gasteiger partial charge in [-0.05, 0) is 30.7 Å². The van der Waals surface area contributed by atoms with Gasteiger partial charge in [0.05, 0.1) is 12.1 Å². The Morgan fingerprint density at radius 1 is 1.47 bits per heavy atom. The fraction of sp³-hybridized carbons (Fsp3) is 0.167. The number of hydrogen-bond donors (Lipinski definition) is 2. The van der Waals surface area contributed by atoms with E-state index in [1.54, 1.807) is 0 Å². The highest BCUT2D eigenvalue weighted by Crippen LogP contribution is 2.31. The number of nitrogens with zero attached hydrogens (tertiary/aromatic N) is 1. The summed E-state index contributed by atoms with van der Waals surface area (Å²) in [6.45, 7) is 1.84. The van der Waals surface area contributed by atoms with Gasteiger partial charge in [0.25, 0.3) is 6.01 Å². The number of hydrogen-bond acceptors (Lipinski definition) is 4. The molecule has 0 saturated carbocycles. The van der Waals surface area contributed by atoms with Crippen molar-refractivity contribution < 1.29 is 9.21 Å². The summed E-state index contributed by atoms with van der Waals surface area (Å²) in [5.41, 5.74) is 8.99. The van der Waals surface area contributed by atoms with Crippen LogP contribution in [-0.4, -0.2) is 10.9 Å². The number of nitrogen functional groups attached to an aromatic ring is 1. The van der Waals surface area contributed by atoms with E-state index < -0.39 is 0 Å². The summed E-state index contributed by atoms with van der Waals surface area (Å²) in [5, 5.41) is 2.79. The number of fused-ring (bicyclic) bond motifs is 1. The van der Waals surface area contributed by atoms with Gasteiger partial charge in [0.15, 0.2) is 5.76 Å². The third-order valence-corrected chi connectivity index (χ3v) is 2.81. The monoisotopic (exact) mass is 229 g/mol. The summed E-state index contributed by atoms with van der Waals surface area (Å²) in [6.07, 6.45) is 0.409. The van der Waals surface area contributed by atoms with Crippen molar-refractivity contribution in [3.63, 3.8) is 0 Å². The van der Waals surface area contributed by atoms with Gasteiger partial charge in [-0.3, -0.25) is 4.79 Å². The zero-order chi connectivity index (χ0) is 12.0. The summed E-state index contributed by atoms with van der Waals surface area (Å²) in [4.78, 5) is 15.3. The minimum atomic E-state index is 0.0194. The predicted octanol–water partition coefficient (Wildman–Crippen LogP) is 1.73. The molecule has 2 heterocycles. The topological polar surface area (TPSA) is 81.2 Å². The number of rotatable bonds is 1. The van der Waals surface area contributed by atoms with Crippen molar-refractivity contribution in [1.82, 2.24) is 4.98 Å². The Labute approximate surface area is 97.6 Å². The molecule has 3 rings (SSSR count). The Hall–Kier alpha value is -2.30. The number of anilines is 2. The van der Waals surface area contributed by atoms with Gasteiger partial charge in [0, 0.05) is 11.3 Å². The van der Waals surface area contributed by atoms with Gasteiger partial charge in [-0.1, -0.05) is 0 Å². The largest absolute Gasteiger partial charge is 0.423 e. The van der Waals surface area contributed by atoms with Crippen LogP contribution in [-0.2, 0) is 11.2 Å². The molecule has 0 unspecified atom stereocenters. The number of amides is 1. The lowest BCUT2D eigenvalue weighted by atomic mass is 10.1. The summed E-state index contributed by atoms with van der Waals surface area (Å²) in [7, 11) is 0. The van der Waals surface area contributed by atoms with E-state index in [9.17, 15) is 4.79 Å². The van der Waals surface area contributed by atoms with Gasteiger partial charge >= 0.3 is 0 Å². The van der Waals surface area contributed by atoms with Gasteiger partial charge in [-0.15, -0.1) is 0 Å². The van der Waals surface area contributed by atoms with E-state index in [1.807, 2.05) is 25.1 Å². The summed E-state index contributed by atoms with van der Waals surface area (Å²) in [6, 6.07) is 5.85. The molecule has 5 heteroatoms. The summed E-state index contributed by atoms with van der Waals surface area (Å²) >= 11 is 0. The quantitative estimate of drug-likeness (QED) is 0.780. The maximum atomic E-state index is 11.3. The smallest absolute Gasteiger partial charge is 0.292 e. The van der Waals surface area contributed by atoms with Crippen LogP contribution >= 0.6 is 0 Å². The highest BCUT2D eigenvalue weighted by atomic mass is 16.4. The fourth-order valence-electron chi connectivity index (χ4n) is 2.06. The highest BCUT2D eigenvalue weighted by molar-refractivity contribution is 5.99. The van der Waals surface area contributed by atoms with E-state index in [0.717, 1.165) is 22.5 Å². The fourth-order valence-corrected chi connectivity index (χ4v) is 2.06. The van der Waals surface area contributed by atoms with E-state index >= 15 is 0 Å². The van der Waals surface area contributed by atoms with Gasteiger partial charge in [0.2, 0.25) is 5.91 Å². The van der Waals surface area contributed by atoms with E-state index in [1.165, 1.54) is 0 Å². The first kappa shape index (κ1) is 9.89. The van der Waals surface area contributed by atoms with Gasteiger partial charge < -0.3 is 15.5 Å². The van der Waals surface area contributed by atoms with Gasteiger partial charge in [0.1, 0.15) is 0 Å². The van der Waals surface area contributed by atoms with Gasteiger partial charge in [-0.25, -0.2) is 0 Å². The number of carbonyl (C=O) groups is 1. The number of aryl methyl sites for hydroxylation is 1. The van der Waals surface area contributed by atoms with Crippen molar-refractivity contribution in [2.75, 3.05) is 11.1 Å². The van der Waals surface area contributed by atoms with E-state index in [2.05, 4.69) is 10.3 Å². The molecule has 1 aliphatic heterocycles. The summed E-state index contributed by atoms with van der Waals surface area (Å²) in [5.74, 6) is 0.676. The first-order chi connectivity index (χ1) is 8.13. The average Bonchev–Trinajstić information content (AvgIpc) is 2.78. The number of aromatic nitrogens is 1. The molecule has 86 valence electrons. The molecule has 3 N–H and O–H groups in total. The van der Waals surface area contributed by atoms with Crippen LogP contribution in [0.4, 0.5) is 11.7 Å². The number of benzene rings is 1. The molecule has 0 aliphatic carbocycles. The van der Waals surface area contributed by atoms with Crippen LogP contribution in [0.5, 0.6) is 0 Å². The molecule has 5 nitrogen and oxygen atoms in total. The van der Waals surface area contributed by atoms with E-state index in [-0.39, 0.29) is 11.9 Å². The van der Waals surface area contributed by atoms with Crippen molar-refractivity contribution in [2.24, 2.45) is 0 Å². The Morgan fingerprint density at radius 3 is 3.00 bits per heavy atom. The molecule has 0 fully saturated rings. The lowest BCUT2D eigenvalue weighted by Crippen LogP contribution is -2.03. The molecule has 0 bridgehead atoms. The Balaban J connectivity index is 2.09. The van der Waals surface area contributed by atoms with Crippen molar-refractivity contribution >= 4 is 17.6 Å². The van der Waals surface area contributed by atoms with E-state index in [4.69, 9.17) is 10.2 Å². The molecule has 1 aliphatic rings. The lowest BCUT2D eigenvalue weighted by Gasteiger charge is -2.01. The average molecular weight is 229 g/mol. The second-order valence-corrected chi connectivity index (χ2v) is 4.06. The molecule has 17 heavy (non-hydrogen) atoms. The molecule has 0 saturated heterocycles. The van der Waals surface area contributed by atoms with Crippen LogP contribution in [0.15, 0.2) is 22.6 Å². The van der Waals surface area contributed by atoms with Gasteiger partial charge in [-0.2, -0.15) is 4.98 Å². The Bertz CT molecular complexity index is 616. The maximum absolute atomic E-state index is 11.3. The second-order valence-electron chi connectivity index (χ2n) is 4.06. The van der Waals surface area contributed by atoms with Crippen LogP contribution < -0.4 is 11.1 Å². The third-order valence-electron chi connectivity index (χ3n) is 2.81. The molecule has 0 atom stereocenters. The first-order valence-corrected chi connectivity index (χ1v) is 5.29. The minimum Gasteiger partial charge on any atom is -0.423 e. The van der Waals surface area contributed by atoms with Crippen molar-refractivity contribution in [2.45, 2.75) is 13.3 Å². The van der Waals surface area contributed by atoms with Crippen LogP contribution in [0, 0.1) is 6.92 Å². The normalized spacial score (nSPS) is 13.6. The summed E-state index contributed by atoms with van der Waals surface area (Å²) < 4.78 is 5.35. The predicted molar refractivity (Wildman–Crippen MR) is 63.4 cm³/mol. The third kappa shape index (κ3) is 1.56. The molecule has 0 radical (unpaired) electrons. The highest BCUT2D eigenvalue weighted by Gasteiger charge is 2.19. The number of oxazole rings is 1. The minimum absolute atomic E-state index is 0.0194. The Morgan fingerprint density at radius 2 is 2.29 bits per heavy atom.